The van der Waals surface area contributed by atoms with E-state index in [1.807, 2.05) is 18.7 Å². The topological polar surface area (TPSA) is 78.2 Å². The fourth-order valence-corrected chi connectivity index (χ4v) is 7.18. The van der Waals surface area contributed by atoms with Crippen molar-refractivity contribution < 1.29 is 22.0 Å². The average molecular weight is 736 g/mol. The van der Waals surface area contributed by atoms with Gasteiger partial charge in [0.2, 0.25) is 5.95 Å². The Morgan fingerprint density at radius 2 is 1.73 bits per heavy atom. The van der Waals surface area contributed by atoms with Crippen LogP contribution in [0.1, 0.15) is 34.9 Å². The van der Waals surface area contributed by atoms with Gasteiger partial charge in [0, 0.05) is 62.2 Å². The first-order valence-electron chi connectivity index (χ1n) is 16.5. The molecule has 15 heteroatoms. The number of hydrogen-bond acceptors (Lipinski definition) is 8. The lowest BCUT2D eigenvalue weighted by atomic mass is 10.1. The van der Waals surface area contributed by atoms with Crippen molar-refractivity contribution in [3.8, 4) is 11.4 Å². The summed E-state index contributed by atoms with van der Waals surface area (Å²) < 4.78 is 69.9. The number of hydrogen-bond donors (Lipinski definition) is 1. The molecule has 1 N–H and O–H groups in total. The van der Waals surface area contributed by atoms with Crippen LogP contribution in [0.15, 0.2) is 85.8 Å². The molecule has 2 aliphatic heterocycles. The van der Waals surface area contributed by atoms with E-state index in [-0.39, 0.29) is 30.1 Å². The first-order valence-corrected chi connectivity index (χ1v) is 16.9. The molecule has 2 aromatic heterocycles. The van der Waals surface area contributed by atoms with E-state index < -0.39 is 17.7 Å². The Morgan fingerprint density at radius 3 is 2.42 bits per heavy atom. The Morgan fingerprint density at radius 1 is 1.00 bits per heavy atom. The van der Waals surface area contributed by atoms with Crippen molar-refractivity contribution in [1.82, 2.24) is 34.5 Å². The van der Waals surface area contributed by atoms with E-state index in [4.69, 9.17) is 21.7 Å². The van der Waals surface area contributed by atoms with Crippen molar-refractivity contribution in [2.75, 3.05) is 42.9 Å². The van der Waals surface area contributed by atoms with E-state index in [0.29, 0.717) is 66.0 Å². The molecule has 3 aliphatic rings. The number of rotatable bonds is 8. The van der Waals surface area contributed by atoms with Crippen molar-refractivity contribution in [2.45, 2.75) is 38.8 Å². The number of anilines is 2. The van der Waals surface area contributed by atoms with Crippen molar-refractivity contribution in [3.63, 3.8) is 0 Å². The van der Waals surface area contributed by atoms with Crippen molar-refractivity contribution >= 4 is 34.6 Å². The molecule has 0 radical (unpaired) electrons. The number of nitrogens with one attached hydrogen (secondary N) is 1. The van der Waals surface area contributed by atoms with Crippen LogP contribution in [0.4, 0.5) is 33.6 Å². The number of halogens is 6. The maximum atomic E-state index is 14.2. The summed E-state index contributed by atoms with van der Waals surface area (Å²) in [6.07, 6.45) is -1.92. The Balaban J connectivity index is 1.19. The summed E-state index contributed by atoms with van der Waals surface area (Å²) in [5.74, 6) is -2.05. The zero-order valence-electron chi connectivity index (χ0n) is 28.5. The van der Waals surface area contributed by atoms with E-state index in [2.05, 4.69) is 44.8 Å². The summed E-state index contributed by atoms with van der Waals surface area (Å²) in [5.41, 5.74) is 6.31. The van der Waals surface area contributed by atoms with Gasteiger partial charge in [0.1, 0.15) is 6.33 Å². The molecule has 0 bridgehead atoms. The Labute approximate surface area is 302 Å². The molecule has 9 nitrogen and oxygen atoms in total. The van der Waals surface area contributed by atoms with Crippen molar-refractivity contribution in [3.05, 3.63) is 119 Å². The van der Waals surface area contributed by atoms with Gasteiger partial charge in [0.05, 0.1) is 45.6 Å². The summed E-state index contributed by atoms with van der Waals surface area (Å²) in [6.45, 7) is 19.5. The highest BCUT2D eigenvalue weighted by molar-refractivity contribution is 6.33. The minimum atomic E-state index is -4.54. The van der Waals surface area contributed by atoms with Crippen LogP contribution in [0, 0.1) is 6.92 Å². The molecule has 2 aromatic carbocycles. The van der Waals surface area contributed by atoms with Gasteiger partial charge >= 0.3 is 6.18 Å². The fraction of sp³-hybridized carbons (Fsp3) is 0.297. The lowest BCUT2D eigenvalue weighted by Crippen LogP contribution is -2.47. The predicted molar refractivity (Wildman–Crippen MR) is 191 cm³/mol. The molecule has 4 aromatic rings. The fourth-order valence-electron chi connectivity index (χ4n) is 6.96. The van der Waals surface area contributed by atoms with E-state index in [1.165, 1.54) is 12.4 Å². The third-order valence-corrected chi connectivity index (χ3v) is 9.89. The molecular weight excluding hydrogens is 701 g/mol. The minimum absolute atomic E-state index is 0.111. The summed E-state index contributed by atoms with van der Waals surface area (Å²) in [5, 5.41) is 7.77. The summed E-state index contributed by atoms with van der Waals surface area (Å²) in [6, 6.07) is 8.23. The monoisotopic (exact) mass is 735 g/mol. The van der Waals surface area contributed by atoms with Crippen LogP contribution < -0.4 is 10.2 Å². The van der Waals surface area contributed by atoms with Gasteiger partial charge < -0.3 is 20.0 Å². The second-order valence-corrected chi connectivity index (χ2v) is 13.6. The molecule has 0 unspecified atom stereocenters. The van der Waals surface area contributed by atoms with Gasteiger partial charge in [-0.15, -0.1) is 5.10 Å². The van der Waals surface area contributed by atoms with Crippen LogP contribution in [0.3, 0.4) is 0 Å². The smallest absolute Gasteiger partial charge is 0.367 e. The van der Waals surface area contributed by atoms with Crippen molar-refractivity contribution in [1.29, 1.82) is 0 Å². The lowest BCUT2D eigenvalue weighted by Gasteiger charge is -2.42. The Hall–Kier alpha value is -5.24. The molecule has 0 amide bonds. The van der Waals surface area contributed by atoms with Gasteiger partial charge in [-0.05, 0) is 54.8 Å². The summed E-state index contributed by atoms with van der Waals surface area (Å²) in [7, 11) is 0. The number of allylic oxidation sites excluding steroid dienone is 2. The number of piperazine rings is 1. The van der Waals surface area contributed by atoms with E-state index in [0.717, 1.165) is 40.5 Å². The van der Waals surface area contributed by atoms with Crippen LogP contribution >= 0.6 is 11.6 Å². The molecule has 4 heterocycles. The third-order valence-electron chi connectivity index (χ3n) is 9.57. The van der Waals surface area contributed by atoms with E-state index in [1.54, 1.807) is 29.1 Å². The van der Waals surface area contributed by atoms with E-state index in [9.17, 15) is 22.0 Å². The first-order chi connectivity index (χ1) is 24.6. The Kier molecular flexibility index (Phi) is 8.84. The maximum absolute atomic E-state index is 14.2. The third kappa shape index (κ3) is 6.62. The number of aryl methyl sites for hydroxylation is 1. The molecule has 52 heavy (non-hydrogen) atoms. The average Bonchev–Trinajstić information content (AvgIpc) is 3.67. The molecule has 0 spiro atoms. The standard InChI is InChI=1S/C37H35ClF5N9/c1-21-18-44-20-45-32(21)23(3)49-10-12-50(13-11-49)33-24(4)51(19-22(2)46-31-9-8-29(15-30(31)38)37(41,42)43)35-47-34(48-52(35)25(33)5)26-6-7-27-16-36(39,40)17-28(27)14-26/h6-9,14-15,18,20,46H,2-3,5,10-13,16-17,19H2,1,4H3. The van der Waals surface area contributed by atoms with Gasteiger partial charge in [-0.1, -0.05) is 43.5 Å². The molecule has 1 fully saturated rings. The van der Waals surface area contributed by atoms with Crippen LogP contribution in [0.2, 0.25) is 5.02 Å². The number of fused-ring (bicyclic) bond motifs is 2. The Bertz CT molecular complexity index is 2150. The maximum Gasteiger partial charge on any atom is 0.416 e. The quantitative estimate of drug-likeness (QED) is 0.183. The van der Waals surface area contributed by atoms with E-state index >= 15 is 0 Å². The summed E-state index contributed by atoms with van der Waals surface area (Å²) in [4.78, 5) is 19.7. The molecule has 1 aliphatic carbocycles. The van der Waals surface area contributed by atoms with Gasteiger partial charge in [0.15, 0.2) is 5.82 Å². The first kappa shape index (κ1) is 35.2. The van der Waals surface area contributed by atoms with Crippen LogP contribution in [0.5, 0.6) is 0 Å². The second-order valence-electron chi connectivity index (χ2n) is 13.2. The summed E-state index contributed by atoms with van der Waals surface area (Å²) >= 11 is 6.25. The highest BCUT2D eigenvalue weighted by atomic mass is 35.5. The highest BCUT2D eigenvalue weighted by Gasteiger charge is 2.38. The van der Waals surface area contributed by atoms with Gasteiger partial charge in [-0.2, -0.15) is 22.8 Å². The number of benzene rings is 2. The molecular formula is C37H35ClF5N9. The van der Waals surface area contributed by atoms with Crippen LogP contribution in [-0.4, -0.2) is 73.2 Å². The highest BCUT2D eigenvalue weighted by Crippen LogP contribution is 2.40. The van der Waals surface area contributed by atoms with Crippen LogP contribution in [-0.2, 0) is 19.0 Å². The second kappa shape index (κ2) is 13.1. The predicted octanol–water partition coefficient (Wildman–Crippen LogP) is 7.89. The zero-order valence-corrected chi connectivity index (χ0v) is 29.3. The largest absolute Gasteiger partial charge is 0.416 e. The number of aromatic nitrogens is 5. The number of alkyl halides is 5. The molecule has 270 valence electrons. The van der Waals surface area contributed by atoms with Crippen LogP contribution in [0.25, 0.3) is 22.8 Å². The zero-order chi connectivity index (χ0) is 37.1. The molecule has 0 saturated carbocycles. The van der Waals surface area contributed by atoms with Gasteiger partial charge in [0.25, 0.3) is 5.92 Å². The minimum Gasteiger partial charge on any atom is -0.367 e. The van der Waals surface area contributed by atoms with Gasteiger partial charge in [-0.25, -0.2) is 18.7 Å². The van der Waals surface area contributed by atoms with Crippen molar-refractivity contribution in [2.24, 2.45) is 0 Å². The normalized spacial score (nSPS) is 17.0. The van der Waals surface area contributed by atoms with Gasteiger partial charge in [-0.3, -0.25) is 0 Å². The lowest BCUT2D eigenvalue weighted by molar-refractivity contribution is -0.137. The SMILES string of the molecule is C=C(CN1C(C)=C(N2CCN(C(=C)c3ncncc3C)CC2)C(=C)n2nc(-c3ccc4c(c3)CC(F)(F)C4)nc21)Nc1ccc(C(F)(F)F)cc1Cl. The molecule has 0 atom stereocenters. The number of nitrogens with zero attached hydrogens (tertiary/aromatic N) is 8. The molecule has 7 rings (SSSR count). The molecule has 1 saturated heterocycles.